The van der Waals surface area contributed by atoms with Gasteiger partial charge >= 0.3 is 0 Å². The summed E-state index contributed by atoms with van der Waals surface area (Å²) in [6.07, 6.45) is 3.10. The van der Waals surface area contributed by atoms with E-state index in [0.29, 0.717) is 18.4 Å². The summed E-state index contributed by atoms with van der Waals surface area (Å²) in [5, 5.41) is 3.37. The molecule has 1 N–H and O–H groups in total. The summed E-state index contributed by atoms with van der Waals surface area (Å²) in [4.78, 5) is 13.8. The Balaban J connectivity index is 1.86. The van der Waals surface area contributed by atoms with Crippen LogP contribution in [-0.2, 0) is 4.79 Å². The van der Waals surface area contributed by atoms with Gasteiger partial charge in [-0.15, -0.1) is 0 Å². The zero-order valence-electron chi connectivity index (χ0n) is 12.1. The molecule has 0 unspecified atom stereocenters. The SMILES string of the molecule is CC(C)c1ccc(N(C)C(=O)CCNC2CC2)cc1. The molecule has 3 nitrogen and oxygen atoms in total. The lowest BCUT2D eigenvalue weighted by Crippen LogP contribution is -2.30. The van der Waals surface area contributed by atoms with Crippen LogP contribution in [0.1, 0.15) is 44.6 Å². The molecule has 0 radical (unpaired) electrons. The monoisotopic (exact) mass is 260 g/mol. The Morgan fingerprint density at radius 1 is 1.32 bits per heavy atom. The van der Waals surface area contributed by atoms with Crippen LogP contribution in [-0.4, -0.2) is 25.5 Å². The predicted octanol–water partition coefficient (Wildman–Crippen LogP) is 2.91. The number of nitrogens with one attached hydrogen (secondary N) is 1. The predicted molar refractivity (Wildman–Crippen MR) is 79.6 cm³/mol. The largest absolute Gasteiger partial charge is 0.315 e. The quantitative estimate of drug-likeness (QED) is 0.853. The van der Waals surface area contributed by atoms with Crippen LogP contribution >= 0.6 is 0 Å². The van der Waals surface area contributed by atoms with Crippen LogP contribution < -0.4 is 10.2 Å². The average Bonchev–Trinajstić information content (AvgIpc) is 3.22. The van der Waals surface area contributed by atoms with Crippen molar-refractivity contribution >= 4 is 11.6 Å². The van der Waals surface area contributed by atoms with E-state index in [0.717, 1.165) is 12.2 Å². The Bertz CT molecular complexity index is 421. The van der Waals surface area contributed by atoms with Gasteiger partial charge in [0.15, 0.2) is 0 Å². The second-order valence-corrected chi connectivity index (χ2v) is 5.68. The zero-order chi connectivity index (χ0) is 13.8. The summed E-state index contributed by atoms with van der Waals surface area (Å²) >= 11 is 0. The molecule has 1 aliphatic rings. The minimum atomic E-state index is 0.172. The van der Waals surface area contributed by atoms with Gasteiger partial charge in [-0.25, -0.2) is 0 Å². The van der Waals surface area contributed by atoms with Crippen molar-refractivity contribution in [2.75, 3.05) is 18.5 Å². The lowest BCUT2D eigenvalue weighted by molar-refractivity contribution is -0.118. The molecule has 2 rings (SSSR count). The van der Waals surface area contributed by atoms with Crippen molar-refractivity contribution in [2.24, 2.45) is 0 Å². The van der Waals surface area contributed by atoms with E-state index < -0.39 is 0 Å². The van der Waals surface area contributed by atoms with Crippen LogP contribution in [0.15, 0.2) is 24.3 Å². The first-order valence-electron chi connectivity index (χ1n) is 7.18. The zero-order valence-corrected chi connectivity index (χ0v) is 12.1. The first kappa shape index (κ1) is 14.1. The van der Waals surface area contributed by atoms with Crippen LogP contribution in [0, 0.1) is 0 Å². The van der Waals surface area contributed by atoms with Gasteiger partial charge in [0.2, 0.25) is 5.91 Å². The fraction of sp³-hybridized carbons (Fsp3) is 0.562. The van der Waals surface area contributed by atoms with Gasteiger partial charge < -0.3 is 10.2 Å². The summed E-state index contributed by atoms with van der Waals surface area (Å²) in [7, 11) is 1.85. The Labute approximate surface area is 116 Å². The van der Waals surface area contributed by atoms with Gasteiger partial charge in [0.1, 0.15) is 0 Å². The molecule has 1 fully saturated rings. The van der Waals surface area contributed by atoms with E-state index in [1.165, 1.54) is 18.4 Å². The standard InChI is InChI=1S/C16H24N2O/c1-12(2)13-4-8-15(9-5-13)18(3)16(19)10-11-17-14-6-7-14/h4-5,8-9,12,14,17H,6-7,10-11H2,1-3H3. The minimum Gasteiger partial charge on any atom is -0.315 e. The molecule has 0 atom stereocenters. The van der Waals surface area contributed by atoms with Crippen molar-refractivity contribution in [3.8, 4) is 0 Å². The number of amides is 1. The third kappa shape index (κ3) is 4.06. The Hall–Kier alpha value is -1.35. The van der Waals surface area contributed by atoms with Crippen LogP contribution in [0.4, 0.5) is 5.69 Å². The van der Waals surface area contributed by atoms with Gasteiger partial charge in [0.25, 0.3) is 0 Å². The Kier molecular flexibility index (Phi) is 4.59. The molecule has 0 heterocycles. The molecule has 1 amide bonds. The normalized spacial score (nSPS) is 14.7. The number of hydrogen-bond acceptors (Lipinski definition) is 2. The fourth-order valence-electron chi connectivity index (χ4n) is 2.07. The lowest BCUT2D eigenvalue weighted by Gasteiger charge is -2.18. The summed E-state index contributed by atoms with van der Waals surface area (Å²) < 4.78 is 0. The molecule has 19 heavy (non-hydrogen) atoms. The number of hydrogen-bond donors (Lipinski definition) is 1. The second-order valence-electron chi connectivity index (χ2n) is 5.68. The van der Waals surface area contributed by atoms with E-state index in [1.54, 1.807) is 4.90 Å². The molecular weight excluding hydrogens is 236 g/mol. The first-order chi connectivity index (χ1) is 9.08. The molecule has 0 aromatic heterocycles. The van der Waals surface area contributed by atoms with E-state index >= 15 is 0 Å². The minimum absolute atomic E-state index is 0.172. The molecule has 1 saturated carbocycles. The van der Waals surface area contributed by atoms with Gasteiger partial charge in [0, 0.05) is 31.7 Å². The van der Waals surface area contributed by atoms with Crippen molar-refractivity contribution in [1.82, 2.24) is 5.32 Å². The maximum atomic E-state index is 12.1. The molecule has 0 bridgehead atoms. The first-order valence-corrected chi connectivity index (χ1v) is 7.18. The van der Waals surface area contributed by atoms with Gasteiger partial charge in [-0.3, -0.25) is 4.79 Å². The third-order valence-electron chi connectivity index (χ3n) is 3.67. The third-order valence-corrected chi connectivity index (χ3v) is 3.67. The molecule has 1 aliphatic carbocycles. The average molecular weight is 260 g/mol. The molecule has 1 aromatic carbocycles. The van der Waals surface area contributed by atoms with Gasteiger partial charge in [-0.2, -0.15) is 0 Å². The topological polar surface area (TPSA) is 32.3 Å². The molecule has 1 aromatic rings. The molecular formula is C16H24N2O. The van der Waals surface area contributed by atoms with E-state index in [-0.39, 0.29) is 5.91 Å². The number of benzene rings is 1. The molecule has 0 saturated heterocycles. The highest BCUT2D eigenvalue weighted by Gasteiger charge is 2.20. The van der Waals surface area contributed by atoms with E-state index in [4.69, 9.17) is 0 Å². The maximum absolute atomic E-state index is 12.1. The smallest absolute Gasteiger partial charge is 0.227 e. The van der Waals surface area contributed by atoms with E-state index in [9.17, 15) is 4.79 Å². The van der Waals surface area contributed by atoms with Crippen LogP contribution in [0.25, 0.3) is 0 Å². The molecule has 0 aliphatic heterocycles. The van der Waals surface area contributed by atoms with E-state index in [2.05, 4.69) is 31.3 Å². The number of anilines is 1. The lowest BCUT2D eigenvalue weighted by atomic mass is 10.0. The molecule has 3 heteroatoms. The second kappa shape index (κ2) is 6.20. The number of carbonyl (C=O) groups excluding carboxylic acids is 1. The van der Waals surface area contributed by atoms with Gasteiger partial charge in [-0.05, 0) is 36.5 Å². The summed E-state index contributed by atoms with van der Waals surface area (Å²) in [6, 6.07) is 8.94. The van der Waals surface area contributed by atoms with Gasteiger partial charge in [0.05, 0.1) is 0 Å². The number of carbonyl (C=O) groups is 1. The maximum Gasteiger partial charge on any atom is 0.227 e. The number of nitrogens with zero attached hydrogens (tertiary/aromatic N) is 1. The van der Waals surface area contributed by atoms with Crippen LogP contribution in [0.2, 0.25) is 0 Å². The summed E-state index contributed by atoms with van der Waals surface area (Å²) in [5.74, 6) is 0.697. The Morgan fingerprint density at radius 2 is 1.95 bits per heavy atom. The molecule has 104 valence electrons. The highest BCUT2D eigenvalue weighted by molar-refractivity contribution is 5.92. The van der Waals surface area contributed by atoms with Crippen molar-refractivity contribution in [1.29, 1.82) is 0 Å². The van der Waals surface area contributed by atoms with Crippen molar-refractivity contribution < 1.29 is 4.79 Å². The van der Waals surface area contributed by atoms with Crippen LogP contribution in [0.3, 0.4) is 0 Å². The summed E-state index contributed by atoms with van der Waals surface area (Å²) in [5.41, 5.74) is 2.28. The number of rotatable bonds is 6. The highest BCUT2D eigenvalue weighted by Crippen LogP contribution is 2.20. The highest BCUT2D eigenvalue weighted by atomic mass is 16.2. The van der Waals surface area contributed by atoms with Crippen molar-refractivity contribution in [2.45, 2.75) is 45.1 Å². The van der Waals surface area contributed by atoms with E-state index in [1.807, 2.05) is 19.2 Å². The summed E-state index contributed by atoms with van der Waals surface area (Å²) in [6.45, 7) is 5.14. The molecule has 0 spiro atoms. The van der Waals surface area contributed by atoms with Crippen LogP contribution in [0.5, 0.6) is 0 Å². The van der Waals surface area contributed by atoms with Crippen molar-refractivity contribution in [3.05, 3.63) is 29.8 Å². The van der Waals surface area contributed by atoms with Crippen molar-refractivity contribution in [3.63, 3.8) is 0 Å². The Morgan fingerprint density at radius 3 is 2.47 bits per heavy atom. The van der Waals surface area contributed by atoms with Gasteiger partial charge in [-0.1, -0.05) is 26.0 Å². The fourth-order valence-corrected chi connectivity index (χ4v) is 2.07.